The molecule has 0 aliphatic heterocycles. The highest BCUT2D eigenvalue weighted by Crippen LogP contribution is 2.30. The molecule has 0 aliphatic rings. The van der Waals surface area contributed by atoms with E-state index < -0.39 is 0 Å². The standard InChI is InChI=1S/C26H26N6O2S/c1-16-13-17(2)32(30-16)12-4-11-28-25(34)20-9-10-22-23(14-20)35-26-29-21(15-31(22)26)18-5-7-19(8-6-18)24(33)27-3/h5-10,13-15H,4,11-12H2,1-3H3,(H,27,33)(H,28,34). The van der Waals surface area contributed by atoms with E-state index in [2.05, 4.69) is 21.8 Å². The van der Waals surface area contributed by atoms with Crippen LogP contribution >= 0.6 is 11.3 Å². The molecule has 5 aromatic rings. The average Bonchev–Trinajstić information content (AvgIpc) is 3.52. The number of fused-ring (bicyclic) bond motifs is 3. The van der Waals surface area contributed by atoms with Gasteiger partial charge in [0.1, 0.15) is 0 Å². The predicted molar refractivity (Wildman–Crippen MR) is 138 cm³/mol. The zero-order valence-corrected chi connectivity index (χ0v) is 20.6. The van der Waals surface area contributed by atoms with Crippen molar-refractivity contribution in [3.63, 3.8) is 0 Å². The normalized spacial score (nSPS) is 11.3. The van der Waals surface area contributed by atoms with Crippen LogP contribution in [-0.2, 0) is 6.54 Å². The molecule has 5 rings (SSSR count). The Bertz CT molecular complexity index is 1540. The van der Waals surface area contributed by atoms with Crippen LogP contribution in [0, 0.1) is 13.8 Å². The number of benzene rings is 2. The van der Waals surface area contributed by atoms with Gasteiger partial charge in [-0.05, 0) is 56.7 Å². The molecule has 0 atom stereocenters. The van der Waals surface area contributed by atoms with Crippen molar-refractivity contribution in [1.29, 1.82) is 0 Å². The quantitative estimate of drug-likeness (QED) is 0.337. The van der Waals surface area contributed by atoms with Crippen molar-refractivity contribution in [1.82, 2.24) is 29.8 Å². The Labute approximate surface area is 206 Å². The van der Waals surface area contributed by atoms with E-state index in [1.54, 1.807) is 30.5 Å². The SMILES string of the molecule is CNC(=O)c1ccc(-c2cn3c(n2)sc2cc(C(=O)NCCCn4nc(C)cc4C)ccc23)cc1. The minimum atomic E-state index is -0.115. The molecule has 8 nitrogen and oxygen atoms in total. The Kier molecular flexibility index (Phi) is 6.08. The number of nitrogens with one attached hydrogen (secondary N) is 2. The molecule has 3 heterocycles. The third-order valence-corrected chi connectivity index (χ3v) is 6.98. The number of rotatable bonds is 7. The predicted octanol–water partition coefficient (Wildman–Crippen LogP) is 4.21. The fourth-order valence-corrected chi connectivity index (χ4v) is 5.20. The lowest BCUT2D eigenvalue weighted by atomic mass is 10.1. The largest absolute Gasteiger partial charge is 0.355 e. The van der Waals surface area contributed by atoms with Crippen molar-refractivity contribution < 1.29 is 9.59 Å². The number of aromatic nitrogens is 4. The van der Waals surface area contributed by atoms with Crippen LogP contribution in [0.3, 0.4) is 0 Å². The van der Waals surface area contributed by atoms with Crippen molar-refractivity contribution in [2.45, 2.75) is 26.8 Å². The highest BCUT2D eigenvalue weighted by atomic mass is 32.1. The van der Waals surface area contributed by atoms with Gasteiger partial charge in [0.05, 0.1) is 21.6 Å². The second kappa shape index (κ2) is 9.34. The van der Waals surface area contributed by atoms with Crippen molar-refractivity contribution in [2.75, 3.05) is 13.6 Å². The summed E-state index contributed by atoms with van der Waals surface area (Å²) in [7, 11) is 1.62. The smallest absolute Gasteiger partial charge is 0.251 e. The summed E-state index contributed by atoms with van der Waals surface area (Å²) in [6.07, 6.45) is 2.80. The van der Waals surface area contributed by atoms with Crippen LogP contribution in [0.1, 0.15) is 38.5 Å². The summed E-state index contributed by atoms with van der Waals surface area (Å²) >= 11 is 1.55. The van der Waals surface area contributed by atoms with E-state index in [1.165, 1.54) is 0 Å². The zero-order valence-electron chi connectivity index (χ0n) is 19.8. The van der Waals surface area contributed by atoms with Crippen LogP contribution in [0.4, 0.5) is 0 Å². The molecule has 2 amide bonds. The number of nitrogens with zero attached hydrogens (tertiary/aromatic N) is 4. The summed E-state index contributed by atoms with van der Waals surface area (Å²) in [5.74, 6) is -0.195. The number of thiazole rings is 1. The molecule has 0 unspecified atom stereocenters. The summed E-state index contributed by atoms with van der Waals surface area (Å²) in [5, 5.41) is 10.1. The van der Waals surface area contributed by atoms with Gasteiger partial charge in [0.15, 0.2) is 4.96 Å². The second-order valence-corrected chi connectivity index (χ2v) is 9.49. The van der Waals surface area contributed by atoms with E-state index in [0.717, 1.165) is 50.8 Å². The van der Waals surface area contributed by atoms with E-state index in [4.69, 9.17) is 4.98 Å². The Morgan fingerprint density at radius 3 is 2.49 bits per heavy atom. The van der Waals surface area contributed by atoms with Gasteiger partial charge < -0.3 is 10.6 Å². The maximum absolute atomic E-state index is 12.7. The van der Waals surface area contributed by atoms with Crippen LogP contribution < -0.4 is 10.6 Å². The minimum Gasteiger partial charge on any atom is -0.355 e. The Morgan fingerprint density at radius 2 is 1.77 bits per heavy atom. The van der Waals surface area contributed by atoms with Crippen LogP contribution in [0.2, 0.25) is 0 Å². The Balaban J connectivity index is 1.27. The van der Waals surface area contributed by atoms with Crippen LogP contribution in [0.5, 0.6) is 0 Å². The van der Waals surface area contributed by atoms with Crippen molar-refractivity contribution in [3.8, 4) is 11.3 Å². The summed E-state index contributed by atoms with van der Waals surface area (Å²) in [4.78, 5) is 30.1. The molecule has 0 saturated carbocycles. The lowest BCUT2D eigenvalue weighted by molar-refractivity contribution is 0.0948. The summed E-state index contributed by atoms with van der Waals surface area (Å²) in [6, 6.07) is 15.2. The zero-order chi connectivity index (χ0) is 24.5. The van der Waals surface area contributed by atoms with E-state index in [9.17, 15) is 9.59 Å². The Hall–Kier alpha value is -3.98. The van der Waals surface area contributed by atoms with Gasteiger partial charge >= 0.3 is 0 Å². The van der Waals surface area contributed by atoms with E-state index in [1.807, 2.05) is 59.5 Å². The first kappa shape index (κ1) is 22.8. The van der Waals surface area contributed by atoms with Crippen LogP contribution in [0.25, 0.3) is 26.4 Å². The topological polar surface area (TPSA) is 93.3 Å². The first-order valence-corrected chi connectivity index (χ1v) is 12.3. The van der Waals surface area contributed by atoms with Gasteiger partial charge in [0.25, 0.3) is 11.8 Å². The molecule has 0 saturated heterocycles. The third kappa shape index (κ3) is 4.54. The molecule has 9 heteroatoms. The molecular formula is C26H26N6O2S. The van der Waals surface area contributed by atoms with Gasteiger partial charge in [-0.25, -0.2) is 4.98 Å². The van der Waals surface area contributed by atoms with E-state index >= 15 is 0 Å². The molecule has 0 radical (unpaired) electrons. The molecule has 178 valence electrons. The lowest BCUT2D eigenvalue weighted by Crippen LogP contribution is -2.25. The van der Waals surface area contributed by atoms with Gasteiger partial charge in [-0.15, -0.1) is 0 Å². The van der Waals surface area contributed by atoms with Gasteiger partial charge in [0, 0.05) is 48.7 Å². The molecule has 2 N–H and O–H groups in total. The maximum Gasteiger partial charge on any atom is 0.251 e. The summed E-state index contributed by atoms with van der Waals surface area (Å²) in [5.41, 5.74) is 6.17. The van der Waals surface area contributed by atoms with Crippen molar-refractivity contribution in [2.24, 2.45) is 0 Å². The fourth-order valence-electron chi connectivity index (χ4n) is 4.15. The average molecular weight is 487 g/mol. The molecule has 35 heavy (non-hydrogen) atoms. The van der Waals surface area contributed by atoms with Crippen molar-refractivity contribution >= 4 is 38.3 Å². The molecule has 3 aromatic heterocycles. The molecule has 0 aliphatic carbocycles. The van der Waals surface area contributed by atoms with Crippen molar-refractivity contribution in [3.05, 3.63) is 77.2 Å². The second-order valence-electron chi connectivity index (χ2n) is 8.48. The highest BCUT2D eigenvalue weighted by molar-refractivity contribution is 7.23. The molecule has 2 aromatic carbocycles. The lowest BCUT2D eigenvalue weighted by Gasteiger charge is -2.07. The number of hydrogen-bond acceptors (Lipinski definition) is 5. The number of imidazole rings is 1. The Morgan fingerprint density at radius 1 is 1.00 bits per heavy atom. The van der Waals surface area contributed by atoms with Crippen LogP contribution in [0.15, 0.2) is 54.7 Å². The van der Waals surface area contributed by atoms with Gasteiger partial charge in [-0.3, -0.25) is 18.7 Å². The summed E-state index contributed by atoms with van der Waals surface area (Å²) < 4.78 is 5.02. The number of aryl methyl sites for hydroxylation is 3. The van der Waals surface area contributed by atoms with Gasteiger partial charge in [-0.2, -0.15) is 5.10 Å². The van der Waals surface area contributed by atoms with Gasteiger partial charge in [0.2, 0.25) is 0 Å². The molecular weight excluding hydrogens is 460 g/mol. The van der Waals surface area contributed by atoms with Gasteiger partial charge in [-0.1, -0.05) is 23.5 Å². The highest BCUT2D eigenvalue weighted by Gasteiger charge is 2.13. The molecule has 0 fully saturated rings. The number of amides is 2. The first-order chi connectivity index (χ1) is 16.9. The number of carbonyl (C=O) groups is 2. The maximum atomic E-state index is 12.7. The third-order valence-electron chi connectivity index (χ3n) is 5.96. The fraction of sp³-hybridized carbons (Fsp3) is 0.231. The van der Waals surface area contributed by atoms with Crippen LogP contribution in [-0.4, -0.2) is 44.6 Å². The summed E-state index contributed by atoms with van der Waals surface area (Å²) in [6.45, 7) is 5.39. The number of carbonyl (C=O) groups excluding carboxylic acids is 2. The van der Waals surface area contributed by atoms with E-state index in [-0.39, 0.29) is 11.8 Å². The van der Waals surface area contributed by atoms with E-state index in [0.29, 0.717) is 17.7 Å². The number of hydrogen-bond donors (Lipinski definition) is 2. The first-order valence-electron chi connectivity index (χ1n) is 11.5. The molecule has 0 bridgehead atoms. The monoisotopic (exact) mass is 486 g/mol. The minimum absolute atomic E-state index is 0.0804. The molecule has 0 spiro atoms.